The number of benzene rings is 1. The first-order chi connectivity index (χ1) is 11.2. The van der Waals surface area contributed by atoms with Crippen LogP contribution in [0.25, 0.3) is 11.4 Å². The molecule has 2 aromatic rings. The maximum Gasteiger partial charge on any atom is 0.416 e. The Morgan fingerprint density at radius 3 is 2.33 bits per heavy atom. The Kier molecular flexibility index (Phi) is 5.56. The molecule has 0 aliphatic rings. The highest BCUT2D eigenvalue weighted by Gasteiger charge is 2.30. The van der Waals surface area contributed by atoms with Gasteiger partial charge in [0.15, 0.2) is 5.82 Å². The fourth-order valence-corrected chi connectivity index (χ4v) is 2.03. The number of rotatable bonds is 6. The molecule has 1 aromatic carbocycles. The molecule has 130 valence electrons. The lowest BCUT2D eigenvalue weighted by atomic mass is 9.95. The van der Waals surface area contributed by atoms with E-state index in [0.29, 0.717) is 24.5 Å². The zero-order chi connectivity index (χ0) is 17.8. The van der Waals surface area contributed by atoms with E-state index in [2.05, 4.69) is 15.3 Å². The van der Waals surface area contributed by atoms with E-state index < -0.39 is 11.7 Å². The summed E-state index contributed by atoms with van der Waals surface area (Å²) in [6, 6.07) is 6.52. The number of halogens is 3. The van der Waals surface area contributed by atoms with Crippen LogP contribution in [0.3, 0.4) is 0 Å². The molecule has 1 aromatic heterocycles. The first kappa shape index (κ1) is 18.4. The van der Waals surface area contributed by atoms with Gasteiger partial charge in [-0.15, -0.1) is 0 Å². The highest BCUT2D eigenvalue weighted by Crippen LogP contribution is 2.30. The third kappa shape index (κ3) is 5.01. The van der Waals surface area contributed by atoms with E-state index in [1.807, 2.05) is 13.8 Å². The zero-order valence-corrected chi connectivity index (χ0v) is 13.6. The number of aliphatic hydroxyl groups is 1. The number of nitrogens with one attached hydrogen (secondary N) is 1. The number of aliphatic hydroxyl groups excluding tert-OH is 1. The summed E-state index contributed by atoms with van der Waals surface area (Å²) in [6.07, 6.45) is -2.78. The van der Waals surface area contributed by atoms with Crippen LogP contribution in [0.1, 0.15) is 25.1 Å². The molecule has 0 unspecified atom stereocenters. The number of nitrogens with zero attached hydrogens (tertiary/aromatic N) is 2. The van der Waals surface area contributed by atoms with Crippen LogP contribution in [-0.2, 0) is 12.7 Å². The first-order valence-corrected chi connectivity index (χ1v) is 7.52. The molecule has 0 saturated heterocycles. The van der Waals surface area contributed by atoms with Crippen LogP contribution >= 0.6 is 0 Å². The molecule has 0 radical (unpaired) electrons. The van der Waals surface area contributed by atoms with Gasteiger partial charge in [-0.25, -0.2) is 9.97 Å². The SMILES string of the molecule is CC(C)(CO)CNCc1ccnc(-c2ccc(C(F)(F)F)cc2)n1. The highest BCUT2D eigenvalue weighted by atomic mass is 19.4. The molecule has 0 aliphatic carbocycles. The second-order valence-corrected chi connectivity index (χ2v) is 6.37. The largest absolute Gasteiger partial charge is 0.416 e. The van der Waals surface area contributed by atoms with Crippen molar-refractivity contribution in [1.29, 1.82) is 0 Å². The predicted molar refractivity (Wildman–Crippen MR) is 85.0 cm³/mol. The Labute approximate surface area is 138 Å². The van der Waals surface area contributed by atoms with Gasteiger partial charge in [0.05, 0.1) is 11.3 Å². The van der Waals surface area contributed by atoms with Gasteiger partial charge in [0.25, 0.3) is 0 Å². The van der Waals surface area contributed by atoms with Crippen molar-refractivity contribution in [2.45, 2.75) is 26.6 Å². The molecular weight excluding hydrogens is 319 g/mol. The second-order valence-electron chi connectivity index (χ2n) is 6.37. The van der Waals surface area contributed by atoms with Gasteiger partial charge in [-0.1, -0.05) is 26.0 Å². The fourth-order valence-electron chi connectivity index (χ4n) is 2.03. The van der Waals surface area contributed by atoms with Crippen molar-refractivity contribution in [2.75, 3.05) is 13.2 Å². The van der Waals surface area contributed by atoms with Crippen molar-refractivity contribution in [3.63, 3.8) is 0 Å². The van der Waals surface area contributed by atoms with E-state index in [9.17, 15) is 18.3 Å². The van der Waals surface area contributed by atoms with E-state index in [1.54, 1.807) is 12.3 Å². The minimum Gasteiger partial charge on any atom is -0.396 e. The molecule has 7 heteroatoms. The fraction of sp³-hybridized carbons (Fsp3) is 0.412. The normalized spacial score (nSPS) is 12.4. The van der Waals surface area contributed by atoms with Gasteiger partial charge >= 0.3 is 6.18 Å². The Morgan fingerprint density at radius 1 is 1.08 bits per heavy atom. The maximum atomic E-state index is 12.6. The summed E-state index contributed by atoms with van der Waals surface area (Å²) in [5.74, 6) is 0.379. The van der Waals surface area contributed by atoms with Gasteiger partial charge in [0, 0.05) is 36.9 Å². The standard InChI is InChI=1S/C17H20F3N3O/c1-16(2,11-24)10-21-9-14-7-8-22-15(23-14)12-3-5-13(6-4-12)17(18,19)20/h3-8,21,24H,9-11H2,1-2H3. The van der Waals surface area contributed by atoms with Crippen molar-refractivity contribution in [3.8, 4) is 11.4 Å². The van der Waals surface area contributed by atoms with E-state index >= 15 is 0 Å². The lowest BCUT2D eigenvalue weighted by Gasteiger charge is -2.21. The topological polar surface area (TPSA) is 58.0 Å². The minimum atomic E-state index is -4.36. The number of alkyl halides is 3. The molecule has 0 bridgehead atoms. The monoisotopic (exact) mass is 339 g/mol. The van der Waals surface area contributed by atoms with Gasteiger partial charge in [0.2, 0.25) is 0 Å². The summed E-state index contributed by atoms with van der Waals surface area (Å²) in [7, 11) is 0. The summed E-state index contributed by atoms with van der Waals surface area (Å²) in [6.45, 7) is 5.05. The van der Waals surface area contributed by atoms with Crippen LogP contribution in [0.5, 0.6) is 0 Å². The Balaban J connectivity index is 2.07. The van der Waals surface area contributed by atoms with Gasteiger partial charge in [-0.05, 0) is 18.2 Å². The maximum absolute atomic E-state index is 12.6. The number of hydrogen-bond donors (Lipinski definition) is 2. The molecule has 2 rings (SSSR count). The van der Waals surface area contributed by atoms with E-state index in [0.717, 1.165) is 17.8 Å². The van der Waals surface area contributed by atoms with E-state index in [-0.39, 0.29) is 12.0 Å². The third-order valence-electron chi connectivity index (χ3n) is 3.52. The molecule has 0 aliphatic heterocycles. The van der Waals surface area contributed by atoms with Crippen LogP contribution in [0.15, 0.2) is 36.5 Å². The van der Waals surface area contributed by atoms with Crippen LogP contribution in [-0.4, -0.2) is 28.2 Å². The van der Waals surface area contributed by atoms with Crippen LogP contribution in [0.2, 0.25) is 0 Å². The molecule has 0 atom stereocenters. The Morgan fingerprint density at radius 2 is 1.75 bits per heavy atom. The summed E-state index contributed by atoms with van der Waals surface area (Å²) < 4.78 is 37.8. The summed E-state index contributed by atoms with van der Waals surface area (Å²) in [5, 5.41) is 12.4. The summed E-state index contributed by atoms with van der Waals surface area (Å²) in [4.78, 5) is 8.48. The highest BCUT2D eigenvalue weighted by molar-refractivity contribution is 5.55. The van der Waals surface area contributed by atoms with Crippen LogP contribution in [0, 0.1) is 5.41 Å². The summed E-state index contributed by atoms with van der Waals surface area (Å²) >= 11 is 0. The smallest absolute Gasteiger partial charge is 0.396 e. The molecule has 24 heavy (non-hydrogen) atoms. The molecule has 1 heterocycles. The van der Waals surface area contributed by atoms with Gasteiger partial charge in [0.1, 0.15) is 0 Å². The number of hydrogen-bond acceptors (Lipinski definition) is 4. The van der Waals surface area contributed by atoms with Crippen molar-refractivity contribution >= 4 is 0 Å². The Hall–Kier alpha value is -1.99. The summed E-state index contributed by atoms with van der Waals surface area (Å²) in [5.41, 5.74) is 0.327. The molecule has 0 fully saturated rings. The third-order valence-corrected chi connectivity index (χ3v) is 3.52. The van der Waals surface area contributed by atoms with Gasteiger partial charge < -0.3 is 10.4 Å². The van der Waals surface area contributed by atoms with Gasteiger partial charge in [-0.3, -0.25) is 0 Å². The average Bonchev–Trinajstić information content (AvgIpc) is 2.54. The quantitative estimate of drug-likeness (QED) is 0.848. The second kappa shape index (κ2) is 7.27. The van der Waals surface area contributed by atoms with Crippen molar-refractivity contribution in [2.24, 2.45) is 5.41 Å². The minimum absolute atomic E-state index is 0.0700. The molecule has 4 nitrogen and oxygen atoms in total. The van der Waals surface area contributed by atoms with E-state index in [4.69, 9.17) is 0 Å². The van der Waals surface area contributed by atoms with Crippen LogP contribution in [0.4, 0.5) is 13.2 Å². The molecule has 0 amide bonds. The van der Waals surface area contributed by atoms with Crippen LogP contribution < -0.4 is 5.32 Å². The molecule has 0 spiro atoms. The van der Waals surface area contributed by atoms with E-state index in [1.165, 1.54) is 12.1 Å². The molecular formula is C17H20F3N3O. The average molecular weight is 339 g/mol. The van der Waals surface area contributed by atoms with Gasteiger partial charge in [-0.2, -0.15) is 13.2 Å². The number of aromatic nitrogens is 2. The zero-order valence-electron chi connectivity index (χ0n) is 13.6. The van der Waals surface area contributed by atoms with Crippen molar-refractivity contribution in [3.05, 3.63) is 47.8 Å². The first-order valence-electron chi connectivity index (χ1n) is 7.52. The Bertz CT molecular complexity index is 670. The van der Waals surface area contributed by atoms with Crippen molar-refractivity contribution in [1.82, 2.24) is 15.3 Å². The predicted octanol–water partition coefficient (Wildman–Crippen LogP) is 3.27. The molecule has 2 N–H and O–H groups in total. The lowest BCUT2D eigenvalue weighted by Crippen LogP contribution is -2.32. The lowest BCUT2D eigenvalue weighted by molar-refractivity contribution is -0.137. The molecule has 0 saturated carbocycles. The van der Waals surface area contributed by atoms with Crippen molar-refractivity contribution < 1.29 is 18.3 Å².